The van der Waals surface area contributed by atoms with Gasteiger partial charge in [-0.05, 0) is 38.5 Å². The van der Waals surface area contributed by atoms with Gasteiger partial charge in [-0.15, -0.1) is 0 Å². The normalized spacial score (nSPS) is 18.3. The number of anilines is 2. The Bertz CT molecular complexity index is 399. The Kier molecular flexibility index (Phi) is 2.34. The van der Waals surface area contributed by atoms with Crippen molar-refractivity contribution in [3.05, 3.63) is 22.7 Å². The highest BCUT2D eigenvalue weighted by molar-refractivity contribution is 6.31. The van der Waals surface area contributed by atoms with Crippen LogP contribution < -0.4 is 10.2 Å². The first kappa shape index (κ1) is 10.6. The molecule has 1 N–H and O–H groups in total. The van der Waals surface area contributed by atoms with Crippen molar-refractivity contribution in [3.8, 4) is 0 Å². The molecular formula is C12H17ClN2. The topological polar surface area (TPSA) is 15.3 Å². The molecule has 1 aromatic carbocycles. The number of aryl methyl sites for hydroxylation is 1. The molecule has 0 aliphatic carbocycles. The summed E-state index contributed by atoms with van der Waals surface area (Å²) in [7, 11) is 2.12. The Labute approximate surface area is 96.2 Å². The summed E-state index contributed by atoms with van der Waals surface area (Å²) in [5, 5.41) is 4.28. The summed E-state index contributed by atoms with van der Waals surface area (Å²) in [5.74, 6) is 0. The van der Waals surface area contributed by atoms with Gasteiger partial charge < -0.3 is 10.2 Å². The molecule has 0 aromatic heterocycles. The van der Waals surface area contributed by atoms with Crippen molar-refractivity contribution in [2.75, 3.05) is 23.8 Å². The number of likely N-dealkylation sites (N-methyl/N-ethyl adjacent to an activating group) is 1. The Morgan fingerprint density at radius 1 is 1.40 bits per heavy atom. The van der Waals surface area contributed by atoms with Crippen LogP contribution in [0.4, 0.5) is 11.4 Å². The number of nitrogens with zero attached hydrogens (tertiary/aromatic N) is 1. The van der Waals surface area contributed by atoms with Gasteiger partial charge in [-0.25, -0.2) is 0 Å². The number of benzene rings is 1. The first-order valence-electron chi connectivity index (χ1n) is 5.20. The Morgan fingerprint density at radius 3 is 2.73 bits per heavy atom. The second kappa shape index (κ2) is 3.31. The summed E-state index contributed by atoms with van der Waals surface area (Å²) in [6.45, 7) is 7.49. The van der Waals surface area contributed by atoms with Crippen LogP contribution in [0.2, 0.25) is 5.02 Å². The summed E-state index contributed by atoms with van der Waals surface area (Å²) in [5.41, 5.74) is 3.74. The third-order valence-electron chi connectivity index (χ3n) is 3.25. The van der Waals surface area contributed by atoms with E-state index in [1.807, 2.05) is 12.1 Å². The average molecular weight is 225 g/mol. The maximum atomic E-state index is 6.09. The lowest BCUT2D eigenvalue weighted by molar-refractivity contribution is 0.502. The van der Waals surface area contributed by atoms with Gasteiger partial charge in [0.05, 0.1) is 16.9 Å². The summed E-state index contributed by atoms with van der Waals surface area (Å²) in [6, 6.07) is 4.03. The van der Waals surface area contributed by atoms with Crippen LogP contribution in [0.1, 0.15) is 19.4 Å². The van der Waals surface area contributed by atoms with Crippen molar-refractivity contribution in [1.82, 2.24) is 0 Å². The fourth-order valence-corrected chi connectivity index (χ4v) is 2.24. The molecule has 1 aromatic rings. The van der Waals surface area contributed by atoms with E-state index in [4.69, 9.17) is 11.6 Å². The molecule has 0 saturated carbocycles. The Morgan fingerprint density at radius 2 is 2.07 bits per heavy atom. The van der Waals surface area contributed by atoms with Crippen molar-refractivity contribution in [1.29, 1.82) is 0 Å². The fraction of sp³-hybridized carbons (Fsp3) is 0.500. The van der Waals surface area contributed by atoms with Crippen LogP contribution in [0, 0.1) is 6.92 Å². The second-order valence-electron chi connectivity index (χ2n) is 4.84. The number of hydrogen-bond acceptors (Lipinski definition) is 2. The predicted molar refractivity (Wildman–Crippen MR) is 67.2 cm³/mol. The molecule has 2 rings (SSSR count). The van der Waals surface area contributed by atoms with Gasteiger partial charge in [0.25, 0.3) is 0 Å². The third-order valence-corrected chi connectivity index (χ3v) is 3.46. The summed E-state index contributed by atoms with van der Waals surface area (Å²) in [6.07, 6.45) is 0. The zero-order valence-corrected chi connectivity index (χ0v) is 10.4. The molecule has 2 nitrogen and oxygen atoms in total. The molecule has 0 spiro atoms. The van der Waals surface area contributed by atoms with Gasteiger partial charge in [-0.2, -0.15) is 0 Å². The first-order chi connectivity index (χ1) is 6.92. The van der Waals surface area contributed by atoms with Crippen molar-refractivity contribution in [2.45, 2.75) is 26.3 Å². The van der Waals surface area contributed by atoms with Gasteiger partial charge in [0, 0.05) is 18.6 Å². The predicted octanol–water partition coefficient (Wildman–Crippen LogP) is 3.29. The van der Waals surface area contributed by atoms with Crippen LogP contribution in [0.25, 0.3) is 0 Å². The molecule has 0 bridgehead atoms. The van der Waals surface area contributed by atoms with E-state index in [1.165, 1.54) is 16.9 Å². The van der Waals surface area contributed by atoms with Gasteiger partial charge in [0.1, 0.15) is 0 Å². The van der Waals surface area contributed by atoms with Crippen molar-refractivity contribution >= 4 is 23.0 Å². The minimum Gasteiger partial charge on any atom is -0.381 e. The number of halogens is 1. The molecule has 1 aliphatic heterocycles. The summed E-state index contributed by atoms with van der Waals surface area (Å²) < 4.78 is 0. The minimum atomic E-state index is 0.129. The van der Waals surface area contributed by atoms with E-state index in [0.29, 0.717) is 0 Å². The fourth-order valence-electron chi connectivity index (χ4n) is 1.97. The van der Waals surface area contributed by atoms with Crippen LogP contribution >= 0.6 is 11.6 Å². The Hall–Kier alpha value is -0.890. The highest BCUT2D eigenvalue weighted by Crippen LogP contribution is 2.38. The smallest absolute Gasteiger partial charge is 0.0622 e. The van der Waals surface area contributed by atoms with Gasteiger partial charge in [-0.1, -0.05) is 11.6 Å². The molecular weight excluding hydrogens is 208 g/mol. The Balaban J connectivity index is 2.56. The molecule has 82 valence electrons. The third kappa shape index (κ3) is 1.67. The zero-order chi connectivity index (χ0) is 11.2. The van der Waals surface area contributed by atoms with Crippen molar-refractivity contribution in [3.63, 3.8) is 0 Å². The average Bonchev–Trinajstić information content (AvgIpc) is 2.12. The number of rotatable bonds is 0. The molecule has 15 heavy (non-hydrogen) atoms. The standard InChI is InChI=1S/C12H17ClN2/c1-8-5-9(13)6-10-11(8)14-7-12(2,3)15(10)4/h5-6,14H,7H2,1-4H3. The van der Waals surface area contributed by atoms with E-state index < -0.39 is 0 Å². The first-order valence-corrected chi connectivity index (χ1v) is 5.57. The molecule has 1 heterocycles. The number of nitrogens with one attached hydrogen (secondary N) is 1. The monoisotopic (exact) mass is 224 g/mol. The lowest BCUT2D eigenvalue weighted by Gasteiger charge is -2.43. The van der Waals surface area contributed by atoms with E-state index in [2.05, 4.69) is 38.0 Å². The van der Waals surface area contributed by atoms with Crippen LogP contribution in [-0.4, -0.2) is 19.1 Å². The lowest BCUT2D eigenvalue weighted by atomic mass is 9.97. The molecule has 0 unspecified atom stereocenters. The van der Waals surface area contributed by atoms with Crippen LogP contribution in [0.5, 0.6) is 0 Å². The van der Waals surface area contributed by atoms with Crippen molar-refractivity contribution in [2.24, 2.45) is 0 Å². The SMILES string of the molecule is Cc1cc(Cl)cc2c1NCC(C)(C)N2C. The van der Waals surface area contributed by atoms with E-state index in [1.54, 1.807) is 0 Å². The van der Waals surface area contributed by atoms with Gasteiger partial charge in [0.2, 0.25) is 0 Å². The minimum absolute atomic E-state index is 0.129. The van der Waals surface area contributed by atoms with Crippen LogP contribution in [0.15, 0.2) is 12.1 Å². The second-order valence-corrected chi connectivity index (χ2v) is 5.28. The molecule has 1 aliphatic rings. The van der Waals surface area contributed by atoms with Crippen LogP contribution in [-0.2, 0) is 0 Å². The highest BCUT2D eigenvalue weighted by Gasteiger charge is 2.30. The molecule has 3 heteroatoms. The maximum absolute atomic E-state index is 6.09. The lowest BCUT2D eigenvalue weighted by Crippen LogP contribution is -2.50. The highest BCUT2D eigenvalue weighted by atomic mass is 35.5. The van der Waals surface area contributed by atoms with Gasteiger partial charge in [0.15, 0.2) is 0 Å². The number of hydrogen-bond donors (Lipinski definition) is 1. The van der Waals surface area contributed by atoms with E-state index in [0.717, 1.165) is 11.6 Å². The van der Waals surface area contributed by atoms with E-state index in [-0.39, 0.29) is 5.54 Å². The molecule has 0 atom stereocenters. The molecule has 0 saturated heterocycles. The van der Waals surface area contributed by atoms with E-state index >= 15 is 0 Å². The zero-order valence-electron chi connectivity index (χ0n) is 9.69. The summed E-state index contributed by atoms with van der Waals surface area (Å²) >= 11 is 6.09. The van der Waals surface area contributed by atoms with Gasteiger partial charge in [-0.3, -0.25) is 0 Å². The number of fused-ring (bicyclic) bond motifs is 1. The van der Waals surface area contributed by atoms with Crippen LogP contribution in [0.3, 0.4) is 0 Å². The van der Waals surface area contributed by atoms with Gasteiger partial charge >= 0.3 is 0 Å². The molecule has 0 radical (unpaired) electrons. The molecule has 0 fully saturated rings. The molecule has 0 amide bonds. The summed E-state index contributed by atoms with van der Waals surface area (Å²) in [4.78, 5) is 2.29. The maximum Gasteiger partial charge on any atom is 0.0622 e. The van der Waals surface area contributed by atoms with Crippen molar-refractivity contribution < 1.29 is 0 Å². The van der Waals surface area contributed by atoms with E-state index in [9.17, 15) is 0 Å². The largest absolute Gasteiger partial charge is 0.381 e. The quantitative estimate of drug-likeness (QED) is 0.728.